The van der Waals surface area contributed by atoms with Gasteiger partial charge in [0, 0.05) is 6.20 Å². The van der Waals surface area contributed by atoms with Crippen LogP contribution in [0.4, 0.5) is 0 Å². The van der Waals surface area contributed by atoms with Gasteiger partial charge in [-0.3, -0.25) is 9.78 Å². The molecule has 108 valence electrons. The third-order valence-corrected chi connectivity index (χ3v) is 1.31. The molecule has 0 amide bonds. The van der Waals surface area contributed by atoms with E-state index in [1.807, 2.05) is 4.98 Å². The number of hydrogen-bond donors (Lipinski definition) is 2. The second-order valence-corrected chi connectivity index (χ2v) is 2.21. The summed E-state index contributed by atoms with van der Waals surface area (Å²) in [6.07, 6.45) is 1.03. The Balaban J connectivity index is -0.000000113. The van der Waals surface area contributed by atoms with Crippen molar-refractivity contribution in [1.82, 2.24) is 9.97 Å². The van der Waals surface area contributed by atoms with Crippen LogP contribution in [0.5, 0.6) is 0 Å². The zero-order chi connectivity index (χ0) is 9.84. The summed E-state index contributed by atoms with van der Waals surface area (Å²) in [6.45, 7) is 1.80. The molecule has 0 spiro atoms. The Hall–Kier alpha value is -1.32. The van der Waals surface area contributed by atoms with E-state index in [2.05, 4.69) is 9.72 Å². The van der Waals surface area contributed by atoms with Crippen LogP contribution in [0, 0.1) is 0 Å². The average Bonchev–Trinajstić information content (AvgIpc) is 2.04. The summed E-state index contributed by atoms with van der Waals surface area (Å²) in [6, 6.07) is 0. The maximum Gasteiger partial charge on any atom is 4.00 e. The van der Waals surface area contributed by atoms with Crippen LogP contribution in [0.1, 0.15) is 17.3 Å². The first-order valence-electron chi connectivity index (χ1n) is 3.64. The number of ether oxygens (including phenoxy) is 1. The molecule has 10 nitrogen and oxygen atoms in total. The van der Waals surface area contributed by atoms with Gasteiger partial charge < -0.3 is 33.0 Å². The third-order valence-electron chi connectivity index (χ3n) is 1.31. The molecular weight excluding hydrogens is 431 g/mol. The monoisotopic (exact) mass is 447 g/mol. The summed E-state index contributed by atoms with van der Waals surface area (Å²) in [5, 5.41) is 0. The van der Waals surface area contributed by atoms with Gasteiger partial charge in [0.15, 0.2) is 0 Å². The van der Waals surface area contributed by atoms with Gasteiger partial charge in [0.1, 0.15) is 5.56 Å². The molecule has 1 rings (SSSR count). The fourth-order valence-corrected chi connectivity index (χ4v) is 0.770. The third kappa shape index (κ3) is 7.87. The summed E-state index contributed by atoms with van der Waals surface area (Å²) < 4.78 is 4.57. The van der Waals surface area contributed by atoms with Crippen molar-refractivity contribution in [2.24, 2.45) is 0 Å². The summed E-state index contributed by atoms with van der Waals surface area (Å²) in [7, 11) is 0. The van der Waals surface area contributed by atoms with Crippen molar-refractivity contribution in [3.05, 3.63) is 44.9 Å². The number of H-pyrrole nitrogens is 2. The van der Waals surface area contributed by atoms with E-state index >= 15 is 0 Å². The topological polar surface area (TPSA) is 222 Å². The van der Waals surface area contributed by atoms with Gasteiger partial charge in [0.25, 0.3) is 5.56 Å². The molecule has 0 saturated carbocycles. The molecule has 0 fully saturated rings. The number of nitrogens with two attached hydrogens (primary N) is 2. The second-order valence-electron chi connectivity index (χ2n) is 2.21. The molecular formula is C7H16N4O6Pt+2. The van der Waals surface area contributed by atoms with Gasteiger partial charge in [-0.15, -0.1) is 0 Å². The van der Waals surface area contributed by atoms with Crippen molar-refractivity contribution < 1.29 is 41.5 Å². The Kier molecular flexibility index (Phi) is 22.9. The largest absolute Gasteiger partial charge is 4.00 e. The van der Waals surface area contributed by atoms with Crippen LogP contribution in [0.2, 0.25) is 0 Å². The number of rotatable bonds is 2. The summed E-state index contributed by atoms with van der Waals surface area (Å²) in [5.74, 6) is -0.750. The quantitative estimate of drug-likeness (QED) is 0.545. The van der Waals surface area contributed by atoms with Crippen molar-refractivity contribution in [1.29, 1.82) is 0 Å². The molecule has 1 heterocycles. The van der Waals surface area contributed by atoms with Gasteiger partial charge in [0.2, 0.25) is 0 Å². The molecule has 0 aliphatic rings. The summed E-state index contributed by atoms with van der Waals surface area (Å²) in [5.41, 5.74) is -1.61. The molecule has 0 aliphatic carbocycles. The van der Waals surface area contributed by atoms with Crippen LogP contribution in [-0.4, -0.2) is 33.5 Å². The predicted octanol–water partition coefficient (Wildman–Crippen LogP) is -0.978. The number of aromatic nitrogens is 2. The van der Waals surface area contributed by atoms with E-state index in [0.29, 0.717) is 0 Å². The molecule has 0 aliphatic heterocycles. The molecule has 0 radical (unpaired) electrons. The zero-order valence-corrected chi connectivity index (χ0v) is 11.7. The number of aromatic amines is 2. The van der Waals surface area contributed by atoms with E-state index in [0.717, 1.165) is 6.20 Å². The first kappa shape index (κ1) is 30.1. The smallest absolute Gasteiger partial charge is 0.693 e. The summed E-state index contributed by atoms with van der Waals surface area (Å²) >= 11 is 0. The Morgan fingerprint density at radius 2 is 1.78 bits per heavy atom. The molecule has 0 atom stereocenters. The number of esters is 1. The Morgan fingerprint density at radius 3 is 2.17 bits per heavy atom. The number of carbonyl (C=O) groups excluding carboxylic acids is 1. The Bertz CT molecular complexity index is 430. The minimum Gasteiger partial charge on any atom is -0.693 e. The number of nitrogens with one attached hydrogen (secondary N) is 2. The van der Waals surface area contributed by atoms with Gasteiger partial charge in [0.05, 0.1) is 6.61 Å². The summed E-state index contributed by atoms with van der Waals surface area (Å²) in [4.78, 5) is 36.6. The van der Waals surface area contributed by atoms with Crippen LogP contribution in [0.25, 0.3) is 12.3 Å². The van der Waals surface area contributed by atoms with Gasteiger partial charge in [-0.05, 0) is 6.92 Å². The number of hydrogen-bond acceptors (Lipinski definition) is 4. The van der Waals surface area contributed by atoms with Gasteiger partial charge in [-0.2, -0.15) is 0 Å². The number of carbonyl (C=O) groups is 1. The van der Waals surface area contributed by atoms with E-state index in [-0.39, 0.29) is 56.5 Å². The molecule has 0 aromatic carbocycles. The average molecular weight is 447 g/mol. The fourth-order valence-electron chi connectivity index (χ4n) is 0.770. The van der Waals surface area contributed by atoms with Gasteiger partial charge in [-0.1, -0.05) is 0 Å². The first-order chi connectivity index (χ1) is 6.15. The Labute approximate surface area is 116 Å². The molecule has 11 heteroatoms. The maximum absolute atomic E-state index is 11.0. The van der Waals surface area contributed by atoms with E-state index in [1.165, 1.54) is 0 Å². The van der Waals surface area contributed by atoms with Crippen molar-refractivity contribution in [2.75, 3.05) is 6.61 Å². The van der Waals surface area contributed by atoms with Crippen LogP contribution in [-0.2, 0) is 25.8 Å². The normalized spacial score (nSPS) is 6.94. The van der Waals surface area contributed by atoms with Crippen LogP contribution >= 0.6 is 0 Å². The first-order valence-corrected chi connectivity index (χ1v) is 3.64. The molecule has 0 saturated heterocycles. The van der Waals surface area contributed by atoms with Crippen LogP contribution in [0.15, 0.2) is 15.8 Å². The fraction of sp³-hybridized carbons (Fsp3) is 0.286. The minimum atomic E-state index is -0.750. The molecule has 18 heavy (non-hydrogen) atoms. The maximum atomic E-state index is 11.0. The Morgan fingerprint density at radius 1 is 1.28 bits per heavy atom. The van der Waals surface area contributed by atoms with Crippen molar-refractivity contribution in [3.8, 4) is 0 Å². The molecule has 1 aromatic rings. The second kappa shape index (κ2) is 13.7. The van der Waals surface area contributed by atoms with Crippen LogP contribution < -0.4 is 11.2 Å². The SMILES string of the molecule is CCOC(=O)c1c[nH]c(=O)[nH]c1=O.O.O.[NH2-].[NH2-].[Pt+4]. The van der Waals surface area contributed by atoms with Gasteiger partial charge in [-0.25, -0.2) is 9.59 Å². The van der Waals surface area contributed by atoms with Crippen molar-refractivity contribution >= 4 is 5.97 Å². The van der Waals surface area contributed by atoms with Crippen molar-refractivity contribution in [2.45, 2.75) is 6.92 Å². The van der Waals surface area contributed by atoms with E-state index in [4.69, 9.17) is 0 Å². The molecule has 0 unspecified atom stereocenters. The van der Waals surface area contributed by atoms with Gasteiger partial charge >= 0.3 is 32.7 Å². The van der Waals surface area contributed by atoms with Crippen LogP contribution in [0.3, 0.4) is 0 Å². The minimum absolute atomic E-state index is 0. The standard InChI is InChI=1S/C7H8N2O4.2H2N.2H2O.Pt/c1-2-13-6(11)4-3-8-7(12)9-5(4)10;;;;;/h3H,2H2,1H3,(H2,8,9,10,12);4*1H2;/q;2*-1;;;+4. The molecule has 10 N–H and O–H groups in total. The zero-order valence-electron chi connectivity index (χ0n) is 9.39. The van der Waals surface area contributed by atoms with E-state index < -0.39 is 17.2 Å². The molecule has 1 aromatic heterocycles. The van der Waals surface area contributed by atoms with E-state index in [9.17, 15) is 14.4 Å². The molecule has 0 bridgehead atoms. The predicted molar refractivity (Wildman–Crippen MR) is 61.4 cm³/mol. The van der Waals surface area contributed by atoms with E-state index in [1.54, 1.807) is 6.92 Å². The van der Waals surface area contributed by atoms with Crippen molar-refractivity contribution in [3.63, 3.8) is 0 Å².